The van der Waals surface area contributed by atoms with Gasteiger partial charge in [0.15, 0.2) is 0 Å². The monoisotopic (exact) mass is 321 g/mol. The first-order chi connectivity index (χ1) is 10.5. The van der Waals surface area contributed by atoms with Gasteiger partial charge in [-0.2, -0.15) is 0 Å². The van der Waals surface area contributed by atoms with Gasteiger partial charge in [-0.1, -0.05) is 23.7 Å². The van der Waals surface area contributed by atoms with Gasteiger partial charge in [0.05, 0.1) is 12.5 Å². The fourth-order valence-electron chi connectivity index (χ4n) is 1.96. The van der Waals surface area contributed by atoms with Gasteiger partial charge in [-0.15, -0.1) is 0 Å². The highest BCUT2D eigenvalue weighted by Gasteiger charge is 2.19. The van der Waals surface area contributed by atoms with Crippen molar-refractivity contribution in [2.75, 3.05) is 0 Å². The summed E-state index contributed by atoms with van der Waals surface area (Å²) in [6, 6.07) is 10.8. The first-order valence-corrected chi connectivity index (χ1v) is 6.87. The number of benzene rings is 2. The van der Waals surface area contributed by atoms with Crippen LogP contribution in [0.2, 0.25) is 5.02 Å². The summed E-state index contributed by atoms with van der Waals surface area (Å²) >= 11 is 5.76. The summed E-state index contributed by atoms with van der Waals surface area (Å²) in [5.41, 5.74) is 0.882. The molecule has 2 aromatic rings. The maximum absolute atomic E-state index is 13.0. The minimum Gasteiger partial charge on any atom is -0.481 e. The third-order valence-electron chi connectivity index (χ3n) is 3.06. The van der Waals surface area contributed by atoms with Gasteiger partial charge in [-0.3, -0.25) is 9.59 Å². The summed E-state index contributed by atoms with van der Waals surface area (Å²) < 4.78 is 13.0. The standard InChI is InChI=1S/C16H13ClFNO3/c17-12-5-1-11(2-6-12)16(22)19-14(9-15(20)21)10-3-7-13(18)8-4-10/h1-8,14H,9H2,(H,19,22)(H,20,21)/t14-/m1/s1. The molecule has 6 heteroatoms. The second-order valence-corrected chi connectivity index (χ2v) is 5.12. The van der Waals surface area contributed by atoms with E-state index in [-0.39, 0.29) is 6.42 Å². The summed E-state index contributed by atoms with van der Waals surface area (Å²) in [6.07, 6.45) is -0.301. The average molecular weight is 322 g/mol. The molecular formula is C16H13ClFNO3. The van der Waals surface area contributed by atoms with Crippen molar-refractivity contribution in [1.29, 1.82) is 0 Å². The molecule has 2 aromatic carbocycles. The molecule has 2 N–H and O–H groups in total. The molecule has 0 aromatic heterocycles. The van der Waals surface area contributed by atoms with Gasteiger partial charge in [-0.05, 0) is 42.0 Å². The lowest BCUT2D eigenvalue weighted by Gasteiger charge is -2.17. The third kappa shape index (κ3) is 4.30. The number of halogens is 2. The van der Waals surface area contributed by atoms with Crippen LogP contribution in [0.25, 0.3) is 0 Å². The number of hydrogen-bond donors (Lipinski definition) is 2. The summed E-state index contributed by atoms with van der Waals surface area (Å²) in [5, 5.41) is 12.1. The number of carbonyl (C=O) groups excluding carboxylic acids is 1. The molecule has 0 heterocycles. The molecule has 0 aliphatic carbocycles. The van der Waals surface area contributed by atoms with E-state index in [1.165, 1.54) is 24.3 Å². The quantitative estimate of drug-likeness (QED) is 0.886. The Kier molecular flexibility index (Phi) is 5.12. The molecule has 1 amide bonds. The highest BCUT2D eigenvalue weighted by Crippen LogP contribution is 2.19. The molecule has 0 aliphatic rings. The van der Waals surface area contributed by atoms with E-state index < -0.39 is 23.7 Å². The lowest BCUT2D eigenvalue weighted by molar-refractivity contribution is -0.137. The number of rotatable bonds is 5. The number of aliphatic carboxylic acids is 1. The van der Waals surface area contributed by atoms with Crippen LogP contribution in [-0.2, 0) is 4.79 Å². The Morgan fingerprint density at radius 3 is 2.23 bits per heavy atom. The Hall–Kier alpha value is -2.40. The van der Waals surface area contributed by atoms with Gasteiger partial charge in [0, 0.05) is 10.6 Å². The van der Waals surface area contributed by atoms with E-state index in [0.29, 0.717) is 16.1 Å². The number of carboxylic acid groups (broad SMARTS) is 1. The summed E-state index contributed by atoms with van der Waals surface area (Å²) in [7, 11) is 0. The molecule has 0 saturated carbocycles. The number of carboxylic acids is 1. The Morgan fingerprint density at radius 2 is 1.68 bits per heavy atom. The first kappa shape index (κ1) is 16.0. The number of nitrogens with one attached hydrogen (secondary N) is 1. The largest absolute Gasteiger partial charge is 0.481 e. The van der Waals surface area contributed by atoms with Gasteiger partial charge in [0.1, 0.15) is 5.82 Å². The van der Waals surface area contributed by atoms with Crippen molar-refractivity contribution in [3.63, 3.8) is 0 Å². The predicted octanol–water partition coefficient (Wildman–Crippen LogP) is 3.42. The normalized spacial score (nSPS) is 11.7. The van der Waals surface area contributed by atoms with Crippen LogP contribution in [0, 0.1) is 5.82 Å². The Morgan fingerprint density at radius 1 is 1.09 bits per heavy atom. The first-order valence-electron chi connectivity index (χ1n) is 6.49. The van der Waals surface area contributed by atoms with Crippen LogP contribution < -0.4 is 5.32 Å². The topological polar surface area (TPSA) is 66.4 Å². The van der Waals surface area contributed by atoms with Crippen LogP contribution in [0.5, 0.6) is 0 Å². The van der Waals surface area contributed by atoms with Crippen molar-refractivity contribution < 1.29 is 19.1 Å². The minimum absolute atomic E-state index is 0.301. The zero-order valence-corrected chi connectivity index (χ0v) is 12.2. The average Bonchev–Trinajstić information content (AvgIpc) is 2.47. The second-order valence-electron chi connectivity index (χ2n) is 4.68. The number of amides is 1. The molecule has 0 saturated heterocycles. The second kappa shape index (κ2) is 7.04. The van der Waals surface area contributed by atoms with Crippen LogP contribution in [0.3, 0.4) is 0 Å². The van der Waals surface area contributed by atoms with Crippen LogP contribution in [0.1, 0.15) is 28.4 Å². The Bertz CT molecular complexity index is 671. The fourth-order valence-corrected chi connectivity index (χ4v) is 2.09. The van der Waals surface area contributed by atoms with E-state index in [1.54, 1.807) is 24.3 Å². The molecule has 0 spiro atoms. The van der Waals surface area contributed by atoms with Crippen molar-refractivity contribution in [1.82, 2.24) is 5.32 Å². The molecule has 114 valence electrons. The lowest BCUT2D eigenvalue weighted by Crippen LogP contribution is -2.30. The molecule has 2 rings (SSSR count). The minimum atomic E-state index is -1.06. The summed E-state index contributed by atoms with van der Waals surface area (Å²) in [6.45, 7) is 0. The molecule has 22 heavy (non-hydrogen) atoms. The summed E-state index contributed by atoms with van der Waals surface area (Å²) in [4.78, 5) is 23.1. The van der Waals surface area contributed by atoms with Crippen LogP contribution in [0.15, 0.2) is 48.5 Å². The molecule has 0 fully saturated rings. The molecule has 1 atom stereocenters. The molecule has 0 unspecified atom stereocenters. The van der Waals surface area contributed by atoms with Crippen molar-refractivity contribution in [3.05, 3.63) is 70.5 Å². The molecule has 0 radical (unpaired) electrons. The summed E-state index contributed by atoms with van der Waals surface area (Å²) in [5.74, 6) is -1.92. The van der Waals surface area contributed by atoms with E-state index >= 15 is 0 Å². The SMILES string of the molecule is O=C(O)C[C@@H](NC(=O)c1ccc(Cl)cc1)c1ccc(F)cc1. The van der Waals surface area contributed by atoms with E-state index in [0.717, 1.165) is 0 Å². The van der Waals surface area contributed by atoms with Crippen molar-refractivity contribution >= 4 is 23.5 Å². The maximum atomic E-state index is 13.0. The van der Waals surface area contributed by atoms with E-state index in [2.05, 4.69) is 5.32 Å². The molecule has 0 aliphatic heterocycles. The van der Waals surface area contributed by atoms with Gasteiger partial charge in [0.2, 0.25) is 0 Å². The Balaban J connectivity index is 2.19. The zero-order chi connectivity index (χ0) is 16.1. The van der Waals surface area contributed by atoms with E-state index in [9.17, 15) is 14.0 Å². The van der Waals surface area contributed by atoms with Crippen LogP contribution in [-0.4, -0.2) is 17.0 Å². The zero-order valence-electron chi connectivity index (χ0n) is 11.4. The van der Waals surface area contributed by atoms with Gasteiger partial charge in [-0.25, -0.2) is 4.39 Å². The van der Waals surface area contributed by atoms with Crippen molar-refractivity contribution in [2.24, 2.45) is 0 Å². The molecular weight excluding hydrogens is 309 g/mol. The number of hydrogen-bond acceptors (Lipinski definition) is 2. The van der Waals surface area contributed by atoms with Crippen molar-refractivity contribution in [2.45, 2.75) is 12.5 Å². The third-order valence-corrected chi connectivity index (χ3v) is 3.31. The van der Waals surface area contributed by atoms with E-state index in [4.69, 9.17) is 16.7 Å². The Labute approximate surface area is 131 Å². The van der Waals surface area contributed by atoms with E-state index in [1.807, 2.05) is 0 Å². The van der Waals surface area contributed by atoms with Gasteiger partial charge < -0.3 is 10.4 Å². The molecule has 0 bridgehead atoms. The maximum Gasteiger partial charge on any atom is 0.305 e. The van der Waals surface area contributed by atoms with Crippen molar-refractivity contribution in [3.8, 4) is 0 Å². The highest BCUT2D eigenvalue weighted by atomic mass is 35.5. The van der Waals surface area contributed by atoms with Gasteiger partial charge in [0.25, 0.3) is 5.91 Å². The fraction of sp³-hybridized carbons (Fsp3) is 0.125. The lowest BCUT2D eigenvalue weighted by atomic mass is 10.0. The van der Waals surface area contributed by atoms with Crippen LogP contribution >= 0.6 is 11.6 Å². The number of carbonyl (C=O) groups is 2. The molecule has 4 nitrogen and oxygen atoms in total. The smallest absolute Gasteiger partial charge is 0.305 e. The highest BCUT2D eigenvalue weighted by molar-refractivity contribution is 6.30. The van der Waals surface area contributed by atoms with Crippen LogP contribution in [0.4, 0.5) is 4.39 Å². The predicted molar refractivity (Wildman–Crippen MR) is 80.3 cm³/mol. The van der Waals surface area contributed by atoms with Gasteiger partial charge >= 0.3 is 5.97 Å².